The Balaban J connectivity index is 2.27. The summed E-state index contributed by atoms with van der Waals surface area (Å²) < 4.78 is 0. The zero-order valence-electron chi connectivity index (χ0n) is 11.4. The van der Waals surface area contributed by atoms with E-state index in [0.717, 1.165) is 0 Å². The summed E-state index contributed by atoms with van der Waals surface area (Å²) in [5.41, 5.74) is 1.08. The lowest BCUT2D eigenvalue weighted by Crippen LogP contribution is -2.08. The Morgan fingerprint density at radius 3 is 2.76 bits per heavy atom. The van der Waals surface area contributed by atoms with Crippen LogP contribution in [0.25, 0.3) is 0 Å². The van der Waals surface area contributed by atoms with Gasteiger partial charge < -0.3 is 10.1 Å². The Morgan fingerprint density at radius 1 is 1.43 bits per heavy atom. The summed E-state index contributed by atoms with van der Waals surface area (Å²) in [7, 11) is 0. The molecule has 5 nitrogen and oxygen atoms in total. The summed E-state index contributed by atoms with van der Waals surface area (Å²) in [6.07, 6.45) is 0. The van der Waals surface area contributed by atoms with Crippen LogP contribution in [0.5, 0.6) is 5.75 Å². The number of nitrogens with zero attached hydrogens (tertiary/aromatic N) is 1. The lowest BCUT2D eigenvalue weighted by Gasteiger charge is -2.09. The average molecular weight is 325 g/mol. The number of hydrogen-bond donors (Lipinski definition) is 2. The second-order valence-corrected chi connectivity index (χ2v) is 5.90. The molecule has 0 saturated carbocycles. The van der Waals surface area contributed by atoms with Crippen LogP contribution >= 0.6 is 23.4 Å². The van der Waals surface area contributed by atoms with E-state index in [1.807, 2.05) is 0 Å². The summed E-state index contributed by atoms with van der Waals surface area (Å²) in [6, 6.07) is 4.42. The highest BCUT2D eigenvalue weighted by molar-refractivity contribution is 7.98. The van der Waals surface area contributed by atoms with Crippen LogP contribution in [0.15, 0.2) is 28.2 Å². The van der Waals surface area contributed by atoms with Gasteiger partial charge in [-0.25, -0.2) is 4.98 Å². The Kier molecular flexibility index (Phi) is 4.69. The highest BCUT2D eigenvalue weighted by Gasteiger charge is 2.13. The van der Waals surface area contributed by atoms with E-state index < -0.39 is 0 Å². The maximum absolute atomic E-state index is 11.4. The molecule has 1 heterocycles. The van der Waals surface area contributed by atoms with Crippen molar-refractivity contribution in [2.45, 2.75) is 24.8 Å². The molecular formula is C14H13ClN2O3S. The standard InChI is InChI=1S/C14H13ClN2O3S/c1-7-3-12(19)17-14(16-7)21-6-9-4-10(15)5-11(8(2)18)13(9)20/h3-5,20H,6H2,1-2H3,(H,16,17,19). The molecule has 2 aromatic rings. The van der Waals surface area contributed by atoms with Crippen LogP contribution in [0.4, 0.5) is 0 Å². The van der Waals surface area contributed by atoms with Crippen LogP contribution < -0.4 is 5.56 Å². The van der Waals surface area contributed by atoms with Crippen LogP contribution in [-0.2, 0) is 5.75 Å². The number of thioether (sulfide) groups is 1. The van der Waals surface area contributed by atoms with Crippen LogP contribution in [0.2, 0.25) is 5.02 Å². The summed E-state index contributed by atoms with van der Waals surface area (Å²) in [4.78, 5) is 29.6. The van der Waals surface area contributed by atoms with E-state index in [4.69, 9.17) is 11.6 Å². The quantitative estimate of drug-likeness (QED) is 0.513. The normalized spacial score (nSPS) is 10.6. The number of phenolic OH excluding ortho intramolecular Hbond substituents is 1. The van der Waals surface area contributed by atoms with Gasteiger partial charge in [-0.2, -0.15) is 0 Å². The first-order valence-electron chi connectivity index (χ1n) is 6.10. The molecular weight excluding hydrogens is 312 g/mol. The van der Waals surface area contributed by atoms with Gasteiger partial charge in [0.2, 0.25) is 0 Å². The number of benzene rings is 1. The van der Waals surface area contributed by atoms with E-state index in [0.29, 0.717) is 27.2 Å². The number of aromatic amines is 1. The molecule has 2 rings (SSSR count). The molecule has 0 radical (unpaired) electrons. The molecule has 1 aromatic carbocycles. The number of aromatic nitrogens is 2. The fourth-order valence-corrected chi connectivity index (χ4v) is 2.93. The van der Waals surface area contributed by atoms with Crippen molar-refractivity contribution >= 4 is 29.1 Å². The van der Waals surface area contributed by atoms with Gasteiger partial charge in [-0.15, -0.1) is 0 Å². The third kappa shape index (κ3) is 3.86. The van der Waals surface area contributed by atoms with Gasteiger partial charge in [-0.1, -0.05) is 23.4 Å². The summed E-state index contributed by atoms with van der Waals surface area (Å²) in [5, 5.41) is 10.9. The first-order chi connectivity index (χ1) is 9.86. The number of ketones is 1. The Morgan fingerprint density at radius 2 is 2.14 bits per heavy atom. The molecule has 0 fully saturated rings. The number of phenols is 1. The molecule has 0 spiro atoms. The number of hydrogen-bond acceptors (Lipinski definition) is 5. The second-order valence-electron chi connectivity index (χ2n) is 4.50. The third-order valence-electron chi connectivity index (χ3n) is 2.75. The molecule has 7 heteroatoms. The Labute approximate surface area is 130 Å². The number of carbonyl (C=O) groups is 1. The van der Waals surface area contributed by atoms with Gasteiger partial charge >= 0.3 is 0 Å². The van der Waals surface area contributed by atoms with Crippen molar-refractivity contribution in [3.63, 3.8) is 0 Å². The molecule has 0 bridgehead atoms. The second kappa shape index (κ2) is 6.32. The van der Waals surface area contributed by atoms with Crippen molar-refractivity contribution in [3.05, 3.63) is 50.4 Å². The number of aryl methyl sites for hydroxylation is 1. The lowest BCUT2D eigenvalue weighted by atomic mass is 10.1. The van der Waals surface area contributed by atoms with Crippen molar-refractivity contribution in [1.82, 2.24) is 9.97 Å². The number of nitrogens with one attached hydrogen (secondary N) is 1. The van der Waals surface area contributed by atoms with E-state index in [-0.39, 0.29) is 22.7 Å². The summed E-state index contributed by atoms with van der Waals surface area (Å²) in [6.45, 7) is 3.09. The SMILES string of the molecule is CC(=O)c1cc(Cl)cc(CSc2nc(C)cc(=O)[nH]2)c1O. The first-order valence-corrected chi connectivity index (χ1v) is 7.46. The minimum Gasteiger partial charge on any atom is -0.507 e. The first kappa shape index (κ1) is 15.6. The van der Waals surface area contributed by atoms with E-state index in [9.17, 15) is 14.7 Å². The summed E-state index contributed by atoms with van der Waals surface area (Å²) in [5.74, 6) is -0.0169. The maximum atomic E-state index is 11.4. The van der Waals surface area contributed by atoms with E-state index in [1.165, 1.54) is 30.8 Å². The van der Waals surface area contributed by atoms with Gasteiger partial charge in [0.25, 0.3) is 5.56 Å². The minimum atomic E-state index is -0.261. The molecule has 0 aliphatic rings. The Bertz CT molecular complexity index is 758. The van der Waals surface area contributed by atoms with Gasteiger partial charge in [0, 0.05) is 28.1 Å². The molecule has 110 valence electrons. The highest BCUT2D eigenvalue weighted by Crippen LogP contribution is 2.31. The van der Waals surface area contributed by atoms with Gasteiger partial charge in [-0.3, -0.25) is 9.59 Å². The van der Waals surface area contributed by atoms with E-state index in [1.54, 1.807) is 13.0 Å². The van der Waals surface area contributed by atoms with Crippen molar-refractivity contribution < 1.29 is 9.90 Å². The largest absolute Gasteiger partial charge is 0.507 e. The number of aromatic hydroxyl groups is 1. The van der Waals surface area contributed by atoms with Crippen LogP contribution in [0, 0.1) is 6.92 Å². The Hall–Kier alpha value is -1.79. The van der Waals surface area contributed by atoms with Crippen LogP contribution in [-0.4, -0.2) is 20.9 Å². The molecule has 0 aliphatic heterocycles. The molecule has 0 unspecified atom stereocenters. The summed E-state index contributed by atoms with van der Waals surface area (Å²) >= 11 is 7.20. The van der Waals surface area contributed by atoms with E-state index in [2.05, 4.69) is 9.97 Å². The zero-order valence-corrected chi connectivity index (χ0v) is 13.0. The molecule has 0 aliphatic carbocycles. The number of Topliss-reactive ketones (excluding diaryl/α,β-unsaturated/α-hetero) is 1. The van der Waals surface area contributed by atoms with Crippen LogP contribution in [0.1, 0.15) is 28.5 Å². The van der Waals surface area contributed by atoms with Crippen molar-refractivity contribution in [2.75, 3.05) is 0 Å². The molecule has 2 N–H and O–H groups in total. The van der Waals surface area contributed by atoms with Crippen molar-refractivity contribution in [2.24, 2.45) is 0 Å². The fraction of sp³-hybridized carbons (Fsp3) is 0.214. The van der Waals surface area contributed by atoms with Crippen LogP contribution in [0.3, 0.4) is 0 Å². The number of carbonyl (C=O) groups excluding carboxylic acids is 1. The molecule has 0 atom stereocenters. The number of halogens is 1. The lowest BCUT2D eigenvalue weighted by molar-refractivity contribution is 0.101. The van der Waals surface area contributed by atoms with Crippen molar-refractivity contribution in [3.8, 4) is 5.75 Å². The molecule has 0 amide bonds. The monoisotopic (exact) mass is 324 g/mol. The molecule has 21 heavy (non-hydrogen) atoms. The minimum absolute atomic E-state index is 0.0885. The average Bonchev–Trinajstić information content (AvgIpc) is 2.38. The van der Waals surface area contributed by atoms with Gasteiger partial charge in [-0.05, 0) is 26.0 Å². The number of rotatable bonds is 4. The third-order valence-corrected chi connectivity index (χ3v) is 3.89. The fourth-order valence-electron chi connectivity index (χ4n) is 1.80. The predicted octanol–water partition coefficient (Wildman–Crippen LogP) is 2.93. The predicted molar refractivity (Wildman–Crippen MR) is 82.3 cm³/mol. The topological polar surface area (TPSA) is 83.0 Å². The van der Waals surface area contributed by atoms with Gasteiger partial charge in [0.1, 0.15) is 5.75 Å². The molecule has 1 aromatic heterocycles. The van der Waals surface area contributed by atoms with Gasteiger partial charge in [0.05, 0.1) is 5.56 Å². The highest BCUT2D eigenvalue weighted by atomic mass is 35.5. The maximum Gasteiger partial charge on any atom is 0.251 e. The molecule has 0 saturated heterocycles. The smallest absolute Gasteiger partial charge is 0.251 e. The van der Waals surface area contributed by atoms with Crippen molar-refractivity contribution in [1.29, 1.82) is 0 Å². The zero-order chi connectivity index (χ0) is 15.6. The van der Waals surface area contributed by atoms with Gasteiger partial charge in [0.15, 0.2) is 10.9 Å². The van der Waals surface area contributed by atoms with E-state index >= 15 is 0 Å². The number of H-pyrrole nitrogens is 1.